The van der Waals surface area contributed by atoms with Crippen molar-refractivity contribution in [3.8, 4) is 0 Å². The average molecular weight is 278 g/mol. The fourth-order valence-electron chi connectivity index (χ4n) is 1.20. The number of anilines is 1. The lowest BCUT2D eigenvalue weighted by atomic mass is 10.2. The number of benzene rings is 1. The van der Waals surface area contributed by atoms with E-state index in [9.17, 15) is 13.2 Å². The molecule has 0 aliphatic carbocycles. The summed E-state index contributed by atoms with van der Waals surface area (Å²) in [5.41, 5.74) is 11.1. The van der Waals surface area contributed by atoms with Crippen LogP contribution in [0.5, 0.6) is 0 Å². The minimum atomic E-state index is -3.85. The molecule has 0 fully saturated rings. The van der Waals surface area contributed by atoms with Gasteiger partial charge in [0.1, 0.15) is 0 Å². The third-order valence-corrected chi connectivity index (χ3v) is 3.84. The number of rotatable bonds is 4. The van der Waals surface area contributed by atoms with E-state index < -0.39 is 22.5 Å². The van der Waals surface area contributed by atoms with Gasteiger partial charge in [-0.2, -0.15) is 0 Å². The highest BCUT2D eigenvalue weighted by molar-refractivity contribution is 7.89. The Bertz CT molecular complexity index is 557. The Balaban J connectivity index is 3.19. The van der Waals surface area contributed by atoms with Gasteiger partial charge >= 0.3 is 0 Å². The van der Waals surface area contributed by atoms with Crippen molar-refractivity contribution < 1.29 is 13.2 Å². The summed E-state index contributed by atoms with van der Waals surface area (Å²) in [5.74, 6) is -0.777. The number of nitrogens with one attached hydrogen (secondary N) is 1. The summed E-state index contributed by atoms with van der Waals surface area (Å²) < 4.78 is 25.7. The SMILES string of the molecule is Cc1c(N)cc(Cl)cc1S(=O)(=O)NCC(N)=O. The second-order valence-electron chi connectivity index (χ2n) is 3.41. The number of carbonyl (C=O) groups excluding carboxylic acids is 1. The van der Waals surface area contributed by atoms with Gasteiger partial charge in [0.2, 0.25) is 15.9 Å². The summed E-state index contributed by atoms with van der Waals surface area (Å²) in [6.07, 6.45) is 0. The van der Waals surface area contributed by atoms with Crippen LogP contribution < -0.4 is 16.2 Å². The van der Waals surface area contributed by atoms with E-state index in [0.717, 1.165) is 0 Å². The van der Waals surface area contributed by atoms with Gasteiger partial charge < -0.3 is 11.5 Å². The number of carbonyl (C=O) groups is 1. The molecule has 0 saturated heterocycles. The molecule has 0 aromatic heterocycles. The predicted molar refractivity (Wildman–Crippen MR) is 65.0 cm³/mol. The zero-order valence-electron chi connectivity index (χ0n) is 9.03. The maximum absolute atomic E-state index is 11.8. The Morgan fingerprint density at radius 3 is 2.59 bits per heavy atom. The lowest BCUT2D eigenvalue weighted by Crippen LogP contribution is -2.33. The molecule has 0 radical (unpaired) electrons. The third kappa shape index (κ3) is 3.32. The molecule has 0 bridgehead atoms. The zero-order valence-corrected chi connectivity index (χ0v) is 10.6. The molecule has 5 N–H and O–H groups in total. The van der Waals surface area contributed by atoms with Crippen molar-refractivity contribution in [3.05, 3.63) is 22.7 Å². The van der Waals surface area contributed by atoms with Crippen molar-refractivity contribution >= 4 is 33.2 Å². The molecule has 1 aromatic carbocycles. The molecule has 6 nitrogen and oxygen atoms in total. The first-order chi connectivity index (χ1) is 7.74. The van der Waals surface area contributed by atoms with Gasteiger partial charge in [-0.15, -0.1) is 0 Å². The number of nitrogen functional groups attached to an aromatic ring is 1. The number of primary amides is 1. The number of amides is 1. The predicted octanol–water partition coefficient (Wildman–Crippen LogP) is -0.00578. The highest BCUT2D eigenvalue weighted by Gasteiger charge is 2.19. The summed E-state index contributed by atoms with van der Waals surface area (Å²) >= 11 is 5.73. The number of halogens is 1. The standard InChI is InChI=1S/C9H12ClN3O3S/c1-5-7(11)2-6(10)3-8(5)17(15,16)13-4-9(12)14/h2-3,13H,4,11H2,1H3,(H2,12,14). The van der Waals surface area contributed by atoms with Crippen LogP contribution in [0.3, 0.4) is 0 Å². The molecular formula is C9H12ClN3O3S. The number of hydrogen-bond acceptors (Lipinski definition) is 4. The summed E-state index contributed by atoms with van der Waals surface area (Å²) in [5, 5.41) is 0.201. The third-order valence-electron chi connectivity index (χ3n) is 2.09. The second-order valence-corrected chi connectivity index (χ2v) is 5.58. The summed E-state index contributed by atoms with van der Waals surface area (Å²) in [7, 11) is -3.85. The number of nitrogens with two attached hydrogens (primary N) is 2. The first kappa shape index (κ1) is 13.8. The molecule has 0 heterocycles. The van der Waals surface area contributed by atoms with Gasteiger partial charge in [-0.3, -0.25) is 4.79 Å². The van der Waals surface area contributed by atoms with Crippen LogP contribution in [0.25, 0.3) is 0 Å². The smallest absolute Gasteiger partial charge is 0.241 e. The van der Waals surface area contributed by atoms with Gasteiger partial charge in [0, 0.05) is 10.7 Å². The molecule has 17 heavy (non-hydrogen) atoms. The Labute approximate surface area is 104 Å². The maximum atomic E-state index is 11.8. The van der Waals surface area contributed by atoms with E-state index in [1.807, 2.05) is 0 Å². The molecule has 0 saturated carbocycles. The maximum Gasteiger partial charge on any atom is 0.241 e. The number of sulfonamides is 1. The molecule has 0 aliphatic heterocycles. The van der Waals surface area contributed by atoms with E-state index >= 15 is 0 Å². The van der Waals surface area contributed by atoms with Crippen molar-refractivity contribution in [1.29, 1.82) is 0 Å². The highest BCUT2D eigenvalue weighted by Crippen LogP contribution is 2.25. The van der Waals surface area contributed by atoms with E-state index in [4.69, 9.17) is 23.1 Å². The quantitative estimate of drug-likeness (QED) is 0.672. The Kier molecular flexibility index (Phi) is 3.97. The minimum Gasteiger partial charge on any atom is -0.398 e. The molecular weight excluding hydrogens is 266 g/mol. The van der Waals surface area contributed by atoms with E-state index in [2.05, 4.69) is 4.72 Å². The minimum absolute atomic E-state index is 0.0660. The summed E-state index contributed by atoms with van der Waals surface area (Å²) in [4.78, 5) is 10.5. The van der Waals surface area contributed by atoms with Crippen LogP contribution >= 0.6 is 11.6 Å². The Morgan fingerprint density at radius 2 is 2.06 bits per heavy atom. The van der Waals surface area contributed by atoms with E-state index in [-0.39, 0.29) is 15.6 Å². The fourth-order valence-corrected chi connectivity index (χ4v) is 2.78. The van der Waals surface area contributed by atoms with Gasteiger partial charge in [-0.1, -0.05) is 11.6 Å². The first-order valence-electron chi connectivity index (χ1n) is 4.57. The zero-order chi connectivity index (χ0) is 13.2. The molecule has 94 valence electrons. The van der Waals surface area contributed by atoms with Crippen molar-refractivity contribution in [2.24, 2.45) is 5.73 Å². The Morgan fingerprint density at radius 1 is 1.47 bits per heavy atom. The van der Waals surface area contributed by atoms with Gasteiger partial charge in [0.05, 0.1) is 11.4 Å². The van der Waals surface area contributed by atoms with Crippen molar-refractivity contribution in [2.45, 2.75) is 11.8 Å². The molecule has 1 amide bonds. The van der Waals surface area contributed by atoms with Gasteiger partial charge in [-0.25, -0.2) is 13.1 Å². The van der Waals surface area contributed by atoms with Gasteiger partial charge in [0.25, 0.3) is 0 Å². The highest BCUT2D eigenvalue weighted by atomic mass is 35.5. The van der Waals surface area contributed by atoms with Crippen LogP contribution in [0.1, 0.15) is 5.56 Å². The Hall–Kier alpha value is -1.31. The molecule has 0 unspecified atom stereocenters. The van der Waals surface area contributed by atoms with Crippen LogP contribution in [-0.2, 0) is 14.8 Å². The van der Waals surface area contributed by atoms with E-state index in [1.165, 1.54) is 12.1 Å². The van der Waals surface area contributed by atoms with Crippen LogP contribution in [0, 0.1) is 6.92 Å². The van der Waals surface area contributed by atoms with Crippen LogP contribution in [0.15, 0.2) is 17.0 Å². The van der Waals surface area contributed by atoms with Crippen LogP contribution in [0.2, 0.25) is 5.02 Å². The normalized spacial score (nSPS) is 11.4. The second kappa shape index (κ2) is 4.91. The molecule has 1 aromatic rings. The lowest BCUT2D eigenvalue weighted by Gasteiger charge is -2.10. The van der Waals surface area contributed by atoms with E-state index in [0.29, 0.717) is 5.56 Å². The molecule has 0 spiro atoms. The summed E-state index contributed by atoms with van der Waals surface area (Å²) in [6.45, 7) is 1.07. The molecule has 1 rings (SSSR count). The average Bonchev–Trinajstić information content (AvgIpc) is 2.20. The molecule has 8 heteroatoms. The lowest BCUT2D eigenvalue weighted by molar-refractivity contribution is -0.116. The fraction of sp³-hybridized carbons (Fsp3) is 0.222. The van der Waals surface area contributed by atoms with E-state index in [1.54, 1.807) is 6.92 Å². The van der Waals surface area contributed by atoms with Crippen molar-refractivity contribution in [1.82, 2.24) is 4.72 Å². The monoisotopic (exact) mass is 277 g/mol. The van der Waals surface area contributed by atoms with Gasteiger partial charge in [-0.05, 0) is 24.6 Å². The van der Waals surface area contributed by atoms with Crippen LogP contribution in [0.4, 0.5) is 5.69 Å². The van der Waals surface area contributed by atoms with Crippen molar-refractivity contribution in [3.63, 3.8) is 0 Å². The largest absolute Gasteiger partial charge is 0.398 e. The molecule has 0 aliphatic rings. The van der Waals surface area contributed by atoms with Crippen molar-refractivity contribution in [2.75, 3.05) is 12.3 Å². The number of hydrogen-bond donors (Lipinski definition) is 3. The molecule has 0 atom stereocenters. The van der Waals surface area contributed by atoms with Crippen LogP contribution in [-0.4, -0.2) is 20.9 Å². The topological polar surface area (TPSA) is 115 Å². The van der Waals surface area contributed by atoms with Gasteiger partial charge in [0.15, 0.2) is 0 Å². The summed E-state index contributed by atoms with van der Waals surface area (Å²) in [6, 6.07) is 2.71. The first-order valence-corrected chi connectivity index (χ1v) is 6.43.